The first-order chi connectivity index (χ1) is 8.47. The summed E-state index contributed by atoms with van der Waals surface area (Å²) in [5.74, 6) is 0. The SMILES string of the molecule is FC(F)(F)c1cc(NCc2ccc[nH]2)ccc1Cl. The van der Waals surface area contributed by atoms with Gasteiger partial charge in [-0.2, -0.15) is 13.2 Å². The van der Waals surface area contributed by atoms with Gasteiger partial charge in [0.05, 0.1) is 17.1 Å². The molecule has 2 rings (SSSR count). The number of hydrogen-bond donors (Lipinski definition) is 2. The van der Waals surface area contributed by atoms with Gasteiger partial charge in [0.1, 0.15) is 0 Å². The van der Waals surface area contributed by atoms with E-state index < -0.39 is 11.7 Å². The minimum Gasteiger partial charge on any atom is -0.379 e. The lowest BCUT2D eigenvalue weighted by atomic mass is 10.2. The second-order valence-electron chi connectivity index (χ2n) is 3.74. The summed E-state index contributed by atoms with van der Waals surface area (Å²) in [5.41, 5.74) is 0.431. The van der Waals surface area contributed by atoms with Crippen LogP contribution in [-0.2, 0) is 12.7 Å². The molecule has 0 aliphatic carbocycles. The Morgan fingerprint density at radius 1 is 1.22 bits per heavy atom. The van der Waals surface area contributed by atoms with E-state index in [1.807, 2.05) is 12.1 Å². The van der Waals surface area contributed by atoms with Crippen LogP contribution < -0.4 is 5.32 Å². The van der Waals surface area contributed by atoms with Crippen LogP contribution in [0.15, 0.2) is 36.5 Å². The van der Waals surface area contributed by atoms with Gasteiger partial charge in [0, 0.05) is 17.6 Å². The van der Waals surface area contributed by atoms with E-state index in [-0.39, 0.29) is 5.02 Å². The molecule has 0 fully saturated rings. The quantitative estimate of drug-likeness (QED) is 0.858. The van der Waals surface area contributed by atoms with E-state index in [1.165, 1.54) is 12.1 Å². The molecule has 0 saturated heterocycles. The number of halogens is 4. The minimum atomic E-state index is -4.44. The van der Waals surface area contributed by atoms with E-state index in [9.17, 15) is 13.2 Å². The fourth-order valence-corrected chi connectivity index (χ4v) is 1.75. The van der Waals surface area contributed by atoms with Crippen molar-refractivity contribution in [1.29, 1.82) is 0 Å². The maximum absolute atomic E-state index is 12.6. The molecule has 2 aromatic rings. The third-order valence-electron chi connectivity index (χ3n) is 2.42. The average Bonchev–Trinajstić information content (AvgIpc) is 2.79. The Bertz CT molecular complexity index is 521. The van der Waals surface area contributed by atoms with Crippen molar-refractivity contribution in [1.82, 2.24) is 4.98 Å². The van der Waals surface area contributed by atoms with Gasteiger partial charge < -0.3 is 10.3 Å². The second-order valence-corrected chi connectivity index (χ2v) is 4.15. The summed E-state index contributed by atoms with van der Waals surface area (Å²) in [6.07, 6.45) is -2.69. The number of rotatable bonds is 3. The normalized spacial score (nSPS) is 11.6. The van der Waals surface area contributed by atoms with E-state index in [1.54, 1.807) is 6.20 Å². The number of aromatic amines is 1. The molecule has 2 nitrogen and oxygen atoms in total. The smallest absolute Gasteiger partial charge is 0.379 e. The van der Waals surface area contributed by atoms with E-state index in [0.717, 1.165) is 11.8 Å². The van der Waals surface area contributed by atoms with Crippen molar-refractivity contribution < 1.29 is 13.2 Å². The van der Waals surface area contributed by atoms with Crippen LogP contribution in [0.5, 0.6) is 0 Å². The summed E-state index contributed by atoms with van der Waals surface area (Å²) < 4.78 is 37.9. The van der Waals surface area contributed by atoms with Crippen LogP contribution in [-0.4, -0.2) is 4.98 Å². The van der Waals surface area contributed by atoms with Crippen LogP contribution in [0.25, 0.3) is 0 Å². The van der Waals surface area contributed by atoms with Crippen molar-refractivity contribution in [2.24, 2.45) is 0 Å². The molecular weight excluding hydrogens is 265 g/mol. The first-order valence-corrected chi connectivity index (χ1v) is 5.57. The lowest BCUT2D eigenvalue weighted by molar-refractivity contribution is -0.137. The molecule has 96 valence electrons. The second kappa shape index (κ2) is 4.94. The molecular formula is C12H10ClF3N2. The van der Waals surface area contributed by atoms with Crippen molar-refractivity contribution in [2.45, 2.75) is 12.7 Å². The Balaban J connectivity index is 2.15. The summed E-state index contributed by atoms with van der Waals surface area (Å²) in [7, 11) is 0. The summed E-state index contributed by atoms with van der Waals surface area (Å²) in [6.45, 7) is 0.423. The molecule has 0 bridgehead atoms. The molecule has 6 heteroatoms. The van der Waals surface area contributed by atoms with E-state index in [2.05, 4.69) is 10.3 Å². The highest BCUT2D eigenvalue weighted by Gasteiger charge is 2.33. The van der Waals surface area contributed by atoms with Gasteiger partial charge in [0.15, 0.2) is 0 Å². The average molecular weight is 275 g/mol. The first-order valence-electron chi connectivity index (χ1n) is 5.20. The van der Waals surface area contributed by atoms with Crippen molar-refractivity contribution in [3.8, 4) is 0 Å². The summed E-state index contributed by atoms with van der Waals surface area (Å²) >= 11 is 5.53. The maximum Gasteiger partial charge on any atom is 0.417 e. The van der Waals surface area contributed by atoms with Crippen LogP contribution in [0.1, 0.15) is 11.3 Å². The zero-order valence-electron chi connectivity index (χ0n) is 9.18. The summed E-state index contributed by atoms with van der Waals surface area (Å²) in [4.78, 5) is 2.95. The predicted octanol–water partition coefficient (Wildman–Crippen LogP) is 4.30. The number of hydrogen-bond acceptors (Lipinski definition) is 1. The molecule has 0 radical (unpaired) electrons. The molecule has 1 aromatic heterocycles. The Morgan fingerprint density at radius 3 is 2.61 bits per heavy atom. The van der Waals surface area contributed by atoms with Crippen molar-refractivity contribution in [2.75, 3.05) is 5.32 Å². The zero-order valence-corrected chi connectivity index (χ0v) is 9.94. The van der Waals surface area contributed by atoms with E-state index >= 15 is 0 Å². The molecule has 0 aliphatic heterocycles. The predicted molar refractivity (Wildman–Crippen MR) is 64.6 cm³/mol. The lowest BCUT2D eigenvalue weighted by Gasteiger charge is -2.12. The fraction of sp³-hybridized carbons (Fsp3) is 0.167. The molecule has 0 unspecified atom stereocenters. The minimum absolute atomic E-state index is 0.298. The summed E-state index contributed by atoms with van der Waals surface area (Å²) in [6, 6.07) is 7.42. The number of anilines is 1. The third kappa shape index (κ3) is 2.98. The van der Waals surface area contributed by atoms with E-state index in [4.69, 9.17) is 11.6 Å². The maximum atomic E-state index is 12.6. The van der Waals surface area contributed by atoms with Gasteiger partial charge in [-0.25, -0.2) is 0 Å². The van der Waals surface area contributed by atoms with Crippen LogP contribution in [0.2, 0.25) is 5.02 Å². The van der Waals surface area contributed by atoms with Gasteiger partial charge in [0.2, 0.25) is 0 Å². The van der Waals surface area contributed by atoms with Gasteiger partial charge in [-0.3, -0.25) is 0 Å². The first kappa shape index (κ1) is 12.8. The number of nitrogens with one attached hydrogen (secondary N) is 2. The highest BCUT2D eigenvalue weighted by molar-refractivity contribution is 6.31. The van der Waals surface area contributed by atoms with Crippen LogP contribution in [0, 0.1) is 0 Å². The molecule has 18 heavy (non-hydrogen) atoms. The van der Waals surface area contributed by atoms with Crippen LogP contribution in [0.4, 0.5) is 18.9 Å². The number of benzene rings is 1. The molecule has 1 heterocycles. The highest BCUT2D eigenvalue weighted by Crippen LogP contribution is 2.36. The molecule has 0 amide bonds. The molecule has 1 aromatic carbocycles. The zero-order chi connectivity index (χ0) is 13.2. The van der Waals surface area contributed by atoms with Gasteiger partial charge >= 0.3 is 6.18 Å². The van der Waals surface area contributed by atoms with Crippen molar-refractivity contribution in [3.05, 3.63) is 52.8 Å². The summed E-state index contributed by atoms with van der Waals surface area (Å²) in [5, 5.41) is 2.60. The van der Waals surface area contributed by atoms with Gasteiger partial charge in [-0.1, -0.05) is 11.6 Å². The van der Waals surface area contributed by atoms with Gasteiger partial charge in [-0.05, 0) is 30.3 Å². The van der Waals surface area contributed by atoms with Gasteiger partial charge in [-0.15, -0.1) is 0 Å². The molecule has 0 spiro atoms. The number of aromatic nitrogens is 1. The monoisotopic (exact) mass is 274 g/mol. The van der Waals surface area contributed by atoms with Crippen molar-refractivity contribution >= 4 is 17.3 Å². The Hall–Kier alpha value is -1.62. The largest absolute Gasteiger partial charge is 0.417 e. The lowest BCUT2D eigenvalue weighted by Crippen LogP contribution is -2.07. The van der Waals surface area contributed by atoms with Crippen LogP contribution >= 0.6 is 11.6 Å². The standard InChI is InChI=1S/C12H10ClF3N2/c13-11-4-3-8(6-10(11)12(14,15)16)18-7-9-2-1-5-17-9/h1-6,17-18H,7H2. The Labute approximate surface area is 107 Å². The van der Waals surface area contributed by atoms with Gasteiger partial charge in [0.25, 0.3) is 0 Å². The van der Waals surface area contributed by atoms with E-state index in [0.29, 0.717) is 12.2 Å². The third-order valence-corrected chi connectivity index (χ3v) is 2.75. The van der Waals surface area contributed by atoms with Crippen molar-refractivity contribution in [3.63, 3.8) is 0 Å². The topological polar surface area (TPSA) is 27.8 Å². The Morgan fingerprint density at radius 2 is 2.00 bits per heavy atom. The number of H-pyrrole nitrogens is 1. The van der Waals surface area contributed by atoms with Crippen LogP contribution in [0.3, 0.4) is 0 Å². The Kier molecular flexibility index (Phi) is 3.52. The highest BCUT2D eigenvalue weighted by atomic mass is 35.5. The molecule has 0 aliphatic rings. The molecule has 0 atom stereocenters. The number of alkyl halides is 3. The molecule has 2 N–H and O–H groups in total. The fourth-order valence-electron chi connectivity index (χ4n) is 1.53. The molecule has 0 saturated carbocycles.